The van der Waals surface area contributed by atoms with E-state index in [9.17, 15) is 4.79 Å². The third-order valence-electron chi connectivity index (χ3n) is 1.79. The van der Waals surface area contributed by atoms with Gasteiger partial charge in [-0.15, -0.1) is 0 Å². The lowest BCUT2D eigenvalue weighted by Gasteiger charge is -2.07. The Morgan fingerprint density at radius 3 is 2.67 bits per heavy atom. The smallest absolute Gasteiger partial charge is 0.330 e. The minimum absolute atomic E-state index is 0.201. The summed E-state index contributed by atoms with van der Waals surface area (Å²) in [5.74, 6) is -0.903. The van der Waals surface area contributed by atoms with Crippen LogP contribution in [0.25, 0.3) is 0 Å². The highest BCUT2D eigenvalue weighted by molar-refractivity contribution is 5.85. The molecule has 0 amide bonds. The lowest BCUT2D eigenvalue weighted by molar-refractivity contribution is -0.132. The molecule has 1 N–H and O–H groups in total. The summed E-state index contributed by atoms with van der Waals surface area (Å²) < 4.78 is 5.02. The monoisotopic (exact) mass is 172 g/mol. The first-order valence-corrected chi connectivity index (χ1v) is 4.01. The molecule has 0 aromatic carbocycles. The molecule has 0 heterocycles. The van der Waals surface area contributed by atoms with Crippen molar-refractivity contribution < 1.29 is 14.6 Å². The third-order valence-corrected chi connectivity index (χ3v) is 1.79. The Morgan fingerprint density at radius 1 is 1.67 bits per heavy atom. The molecular formula is C9H16O3. The number of carboxylic acids is 1. The standard InChI is InChI=1S/C9H16O3/c1-7(9(10)11)5-4-6-8(2)12-3/h8H,1,4-6H2,2-3H3,(H,10,11). The van der Waals surface area contributed by atoms with E-state index in [-0.39, 0.29) is 11.7 Å². The van der Waals surface area contributed by atoms with E-state index in [0.717, 1.165) is 12.8 Å². The van der Waals surface area contributed by atoms with Crippen molar-refractivity contribution in [3.8, 4) is 0 Å². The van der Waals surface area contributed by atoms with Crippen LogP contribution in [-0.2, 0) is 9.53 Å². The molecule has 0 saturated carbocycles. The predicted molar refractivity (Wildman–Crippen MR) is 47.1 cm³/mol. The van der Waals surface area contributed by atoms with Crippen LogP contribution >= 0.6 is 0 Å². The summed E-state index contributed by atoms with van der Waals surface area (Å²) in [5.41, 5.74) is 0.276. The van der Waals surface area contributed by atoms with Gasteiger partial charge in [-0.2, -0.15) is 0 Å². The number of methoxy groups -OCH3 is 1. The summed E-state index contributed by atoms with van der Waals surface area (Å²) >= 11 is 0. The Morgan fingerprint density at radius 2 is 2.25 bits per heavy atom. The fraction of sp³-hybridized carbons (Fsp3) is 0.667. The summed E-state index contributed by atoms with van der Waals surface area (Å²) in [4.78, 5) is 10.3. The molecule has 0 radical (unpaired) electrons. The van der Waals surface area contributed by atoms with E-state index >= 15 is 0 Å². The predicted octanol–water partition coefficient (Wildman–Crippen LogP) is 1.83. The zero-order valence-corrected chi connectivity index (χ0v) is 7.67. The molecule has 0 rings (SSSR count). The van der Waals surface area contributed by atoms with E-state index < -0.39 is 5.97 Å². The lowest BCUT2D eigenvalue weighted by Crippen LogP contribution is -2.05. The van der Waals surface area contributed by atoms with Crippen molar-refractivity contribution >= 4 is 5.97 Å². The molecule has 0 fully saturated rings. The summed E-state index contributed by atoms with van der Waals surface area (Å²) in [6.07, 6.45) is 2.44. The Hall–Kier alpha value is -0.830. The number of carbonyl (C=O) groups is 1. The molecule has 70 valence electrons. The van der Waals surface area contributed by atoms with Crippen LogP contribution in [0.15, 0.2) is 12.2 Å². The number of hydrogen-bond acceptors (Lipinski definition) is 2. The van der Waals surface area contributed by atoms with Gasteiger partial charge < -0.3 is 9.84 Å². The molecule has 1 atom stereocenters. The summed E-state index contributed by atoms with van der Waals surface area (Å²) in [6.45, 7) is 5.40. The van der Waals surface area contributed by atoms with Crippen molar-refractivity contribution in [2.45, 2.75) is 32.3 Å². The highest BCUT2D eigenvalue weighted by Gasteiger charge is 2.04. The van der Waals surface area contributed by atoms with Gasteiger partial charge in [0, 0.05) is 12.7 Å². The van der Waals surface area contributed by atoms with Crippen LogP contribution in [0, 0.1) is 0 Å². The van der Waals surface area contributed by atoms with E-state index in [1.54, 1.807) is 7.11 Å². The SMILES string of the molecule is C=C(CCCC(C)OC)C(=O)O. The van der Waals surface area contributed by atoms with Gasteiger partial charge in [0.1, 0.15) is 0 Å². The van der Waals surface area contributed by atoms with Gasteiger partial charge in [-0.1, -0.05) is 6.58 Å². The van der Waals surface area contributed by atoms with Gasteiger partial charge in [0.2, 0.25) is 0 Å². The maximum Gasteiger partial charge on any atom is 0.330 e. The Kier molecular flexibility index (Phi) is 5.37. The molecule has 0 aliphatic heterocycles. The van der Waals surface area contributed by atoms with Crippen molar-refractivity contribution in [3.63, 3.8) is 0 Å². The normalized spacial score (nSPS) is 12.5. The van der Waals surface area contributed by atoms with E-state index in [1.165, 1.54) is 0 Å². The van der Waals surface area contributed by atoms with Crippen LogP contribution in [-0.4, -0.2) is 24.3 Å². The number of hydrogen-bond donors (Lipinski definition) is 1. The average Bonchev–Trinajstić information content (AvgIpc) is 2.03. The van der Waals surface area contributed by atoms with Gasteiger partial charge in [-0.3, -0.25) is 0 Å². The molecule has 0 saturated heterocycles. The van der Waals surface area contributed by atoms with Crippen LogP contribution in [0.2, 0.25) is 0 Å². The molecular weight excluding hydrogens is 156 g/mol. The van der Waals surface area contributed by atoms with Crippen molar-refractivity contribution in [1.29, 1.82) is 0 Å². The molecule has 0 aromatic rings. The summed E-state index contributed by atoms with van der Waals surface area (Å²) in [5, 5.41) is 8.47. The van der Waals surface area contributed by atoms with Crippen LogP contribution in [0.5, 0.6) is 0 Å². The lowest BCUT2D eigenvalue weighted by atomic mass is 10.1. The van der Waals surface area contributed by atoms with E-state index in [4.69, 9.17) is 9.84 Å². The minimum Gasteiger partial charge on any atom is -0.478 e. The Labute approximate surface area is 73.0 Å². The second kappa shape index (κ2) is 5.77. The first-order chi connectivity index (χ1) is 5.57. The van der Waals surface area contributed by atoms with Crippen LogP contribution in [0.1, 0.15) is 26.2 Å². The average molecular weight is 172 g/mol. The number of aliphatic carboxylic acids is 1. The van der Waals surface area contributed by atoms with Crippen molar-refractivity contribution in [1.82, 2.24) is 0 Å². The zero-order valence-electron chi connectivity index (χ0n) is 7.67. The van der Waals surface area contributed by atoms with Crippen molar-refractivity contribution in [3.05, 3.63) is 12.2 Å². The molecule has 3 nitrogen and oxygen atoms in total. The molecule has 0 bridgehead atoms. The Bertz CT molecular complexity index is 163. The fourth-order valence-corrected chi connectivity index (χ4v) is 0.828. The van der Waals surface area contributed by atoms with Crippen LogP contribution in [0.3, 0.4) is 0 Å². The maximum atomic E-state index is 10.3. The Balaban J connectivity index is 3.44. The van der Waals surface area contributed by atoms with Gasteiger partial charge in [0.05, 0.1) is 6.10 Å². The molecule has 1 unspecified atom stereocenters. The zero-order chi connectivity index (χ0) is 9.56. The van der Waals surface area contributed by atoms with Crippen molar-refractivity contribution in [2.75, 3.05) is 7.11 Å². The van der Waals surface area contributed by atoms with Gasteiger partial charge >= 0.3 is 5.97 Å². The van der Waals surface area contributed by atoms with E-state index in [0.29, 0.717) is 6.42 Å². The quantitative estimate of drug-likeness (QED) is 0.622. The van der Waals surface area contributed by atoms with Crippen LogP contribution in [0.4, 0.5) is 0 Å². The number of carboxylic acid groups (broad SMARTS) is 1. The molecule has 0 aromatic heterocycles. The highest BCUT2D eigenvalue weighted by atomic mass is 16.5. The number of rotatable bonds is 6. The minimum atomic E-state index is -0.903. The summed E-state index contributed by atoms with van der Waals surface area (Å²) in [7, 11) is 1.65. The molecule has 0 aliphatic rings. The number of ether oxygens (including phenoxy) is 1. The molecule has 3 heteroatoms. The van der Waals surface area contributed by atoms with Crippen molar-refractivity contribution in [2.24, 2.45) is 0 Å². The fourth-order valence-electron chi connectivity index (χ4n) is 0.828. The second-order valence-electron chi connectivity index (χ2n) is 2.85. The molecule has 0 spiro atoms. The largest absolute Gasteiger partial charge is 0.478 e. The topological polar surface area (TPSA) is 46.5 Å². The first-order valence-electron chi connectivity index (χ1n) is 4.01. The molecule has 12 heavy (non-hydrogen) atoms. The second-order valence-corrected chi connectivity index (χ2v) is 2.85. The van der Waals surface area contributed by atoms with Gasteiger partial charge in [0.15, 0.2) is 0 Å². The highest BCUT2D eigenvalue weighted by Crippen LogP contribution is 2.08. The first kappa shape index (κ1) is 11.2. The summed E-state index contributed by atoms with van der Waals surface area (Å²) in [6, 6.07) is 0. The van der Waals surface area contributed by atoms with E-state index in [2.05, 4.69) is 6.58 Å². The molecule has 0 aliphatic carbocycles. The van der Waals surface area contributed by atoms with Gasteiger partial charge in [0.25, 0.3) is 0 Å². The van der Waals surface area contributed by atoms with Gasteiger partial charge in [-0.25, -0.2) is 4.79 Å². The van der Waals surface area contributed by atoms with Gasteiger partial charge in [-0.05, 0) is 26.2 Å². The maximum absolute atomic E-state index is 10.3. The van der Waals surface area contributed by atoms with Crippen LogP contribution < -0.4 is 0 Å². The third kappa shape index (κ3) is 4.91. The van der Waals surface area contributed by atoms with E-state index in [1.807, 2.05) is 6.92 Å².